The second kappa shape index (κ2) is 3.66. The Morgan fingerprint density at radius 1 is 1.33 bits per heavy atom. The Kier molecular flexibility index (Phi) is 2.48. The van der Waals surface area contributed by atoms with Crippen LogP contribution in [0.15, 0.2) is 0 Å². The number of methoxy groups -OCH3 is 1. The van der Waals surface area contributed by atoms with Crippen LogP contribution < -0.4 is 10.5 Å². The Hall–Kier alpha value is -1.36. The van der Waals surface area contributed by atoms with E-state index in [1.807, 2.05) is 0 Å². The molecular weight excluding hydrogens is 192 g/mol. The summed E-state index contributed by atoms with van der Waals surface area (Å²) in [6, 6.07) is 0.849. The van der Waals surface area contributed by atoms with Crippen molar-refractivity contribution in [3.05, 3.63) is 11.3 Å². The first kappa shape index (κ1) is 10.2. The van der Waals surface area contributed by atoms with E-state index in [0.29, 0.717) is 17.9 Å². The van der Waals surface area contributed by atoms with Gasteiger partial charge in [-0.25, -0.2) is 0 Å². The summed E-state index contributed by atoms with van der Waals surface area (Å²) in [6.07, 6.45) is 0. The fourth-order valence-corrected chi connectivity index (χ4v) is 1.74. The van der Waals surface area contributed by atoms with Crippen LogP contribution in [0, 0.1) is 0 Å². The van der Waals surface area contributed by atoms with Gasteiger partial charge in [-0.3, -0.25) is 4.90 Å². The van der Waals surface area contributed by atoms with Crippen molar-refractivity contribution >= 4 is 5.82 Å². The maximum atomic E-state index is 5.85. The summed E-state index contributed by atoms with van der Waals surface area (Å²) in [5.41, 5.74) is 7.89. The van der Waals surface area contributed by atoms with E-state index >= 15 is 0 Å². The molecule has 0 saturated heterocycles. The Morgan fingerprint density at radius 3 is 2.67 bits per heavy atom. The molecule has 0 saturated carbocycles. The predicted molar refractivity (Wildman–Crippen MR) is 57.4 cm³/mol. The maximum absolute atomic E-state index is 5.85. The molecular formula is C10H16N4O. The summed E-state index contributed by atoms with van der Waals surface area (Å²) in [6.45, 7) is 5.98. The van der Waals surface area contributed by atoms with Gasteiger partial charge < -0.3 is 10.5 Å². The zero-order valence-electron chi connectivity index (χ0n) is 9.32. The predicted octanol–water partition coefficient (Wildman–Crippen LogP) is 0.791. The van der Waals surface area contributed by atoms with E-state index < -0.39 is 0 Å². The van der Waals surface area contributed by atoms with E-state index in [9.17, 15) is 0 Å². The number of hydrogen-bond acceptors (Lipinski definition) is 5. The van der Waals surface area contributed by atoms with Gasteiger partial charge in [0, 0.05) is 24.7 Å². The van der Waals surface area contributed by atoms with E-state index in [1.54, 1.807) is 7.11 Å². The van der Waals surface area contributed by atoms with Crippen molar-refractivity contribution < 1.29 is 4.74 Å². The molecule has 82 valence electrons. The summed E-state index contributed by atoms with van der Waals surface area (Å²) in [4.78, 5) is 10.7. The molecule has 0 amide bonds. The summed E-state index contributed by atoms with van der Waals surface area (Å²) in [7, 11) is 1.55. The third-order valence-corrected chi connectivity index (χ3v) is 2.73. The SMILES string of the molecule is COc1nc(N)c2c(n1)CN(C(C)C)C2. The highest BCUT2D eigenvalue weighted by atomic mass is 16.5. The number of nitrogens with two attached hydrogens (primary N) is 1. The van der Waals surface area contributed by atoms with Crippen molar-refractivity contribution in [3.63, 3.8) is 0 Å². The number of nitrogen functional groups attached to an aromatic ring is 1. The van der Waals surface area contributed by atoms with Crippen LogP contribution in [0.1, 0.15) is 25.1 Å². The lowest BCUT2D eigenvalue weighted by Gasteiger charge is -2.18. The van der Waals surface area contributed by atoms with Gasteiger partial charge in [0.1, 0.15) is 5.82 Å². The third kappa shape index (κ3) is 1.74. The van der Waals surface area contributed by atoms with Crippen LogP contribution in [0.3, 0.4) is 0 Å². The van der Waals surface area contributed by atoms with Crippen molar-refractivity contribution in [2.75, 3.05) is 12.8 Å². The summed E-state index contributed by atoms with van der Waals surface area (Å²) in [5, 5.41) is 0. The van der Waals surface area contributed by atoms with Gasteiger partial charge in [0.2, 0.25) is 0 Å². The molecule has 2 heterocycles. The van der Waals surface area contributed by atoms with Crippen molar-refractivity contribution in [2.45, 2.75) is 33.0 Å². The van der Waals surface area contributed by atoms with Crippen LogP contribution in [0.5, 0.6) is 6.01 Å². The third-order valence-electron chi connectivity index (χ3n) is 2.73. The molecule has 0 fully saturated rings. The topological polar surface area (TPSA) is 64.3 Å². The first-order valence-corrected chi connectivity index (χ1v) is 5.05. The second-order valence-electron chi connectivity index (χ2n) is 4.02. The molecule has 5 heteroatoms. The maximum Gasteiger partial charge on any atom is 0.318 e. The molecule has 0 unspecified atom stereocenters. The van der Waals surface area contributed by atoms with E-state index in [-0.39, 0.29) is 0 Å². The minimum atomic E-state index is 0.358. The minimum absolute atomic E-state index is 0.358. The highest BCUT2D eigenvalue weighted by Gasteiger charge is 2.25. The van der Waals surface area contributed by atoms with Gasteiger partial charge in [0.15, 0.2) is 0 Å². The smallest absolute Gasteiger partial charge is 0.318 e. The fraction of sp³-hybridized carbons (Fsp3) is 0.600. The Balaban J connectivity index is 2.33. The molecule has 0 radical (unpaired) electrons. The first-order valence-electron chi connectivity index (χ1n) is 5.05. The van der Waals surface area contributed by atoms with Gasteiger partial charge in [-0.05, 0) is 13.8 Å². The van der Waals surface area contributed by atoms with Crippen molar-refractivity contribution in [1.82, 2.24) is 14.9 Å². The standard InChI is InChI=1S/C10H16N4O/c1-6(2)14-4-7-8(5-14)12-10(15-3)13-9(7)11/h6H,4-5H2,1-3H3,(H2,11,12,13). The van der Waals surface area contributed by atoms with Crippen molar-refractivity contribution in [1.29, 1.82) is 0 Å². The number of fused-ring (bicyclic) bond motifs is 1. The average molecular weight is 208 g/mol. The number of anilines is 1. The first-order chi connectivity index (χ1) is 7.11. The van der Waals surface area contributed by atoms with Crippen LogP contribution in [0.25, 0.3) is 0 Å². The highest BCUT2D eigenvalue weighted by molar-refractivity contribution is 5.45. The summed E-state index contributed by atoms with van der Waals surface area (Å²) < 4.78 is 5.00. The molecule has 1 aliphatic heterocycles. The quantitative estimate of drug-likeness (QED) is 0.778. The molecule has 0 aliphatic carbocycles. The normalized spacial score (nSPS) is 15.7. The van der Waals surface area contributed by atoms with Gasteiger partial charge in [-0.1, -0.05) is 0 Å². The van der Waals surface area contributed by atoms with Gasteiger partial charge in [0.05, 0.1) is 12.8 Å². The molecule has 1 aliphatic rings. The summed E-state index contributed by atoms with van der Waals surface area (Å²) in [5.74, 6) is 0.542. The number of ether oxygens (including phenoxy) is 1. The lowest BCUT2D eigenvalue weighted by molar-refractivity contribution is 0.226. The number of aromatic nitrogens is 2. The van der Waals surface area contributed by atoms with Gasteiger partial charge in [-0.2, -0.15) is 9.97 Å². The Labute approximate surface area is 89.3 Å². The molecule has 1 aromatic heterocycles. The van der Waals surface area contributed by atoms with Gasteiger partial charge >= 0.3 is 6.01 Å². The molecule has 0 atom stereocenters. The lowest BCUT2D eigenvalue weighted by Crippen LogP contribution is -2.24. The molecule has 5 nitrogen and oxygen atoms in total. The van der Waals surface area contributed by atoms with Crippen LogP contribution >= 0.6 is 0 Å². The van der Waals surface area contributed by atoms with Crippen molar-refractivity contribution in [2.24, 2.45) is 0 Å². The molecule has 2 rings (SSSR count). The van der Waals surface area contributed by atoms with Gasteiger partial charge in [-0.15, -0.1) is 0 Å². The molecule has 0 bridgehead atoms. The highest BCUT2D eigenvalue weighted by Crippen LogP contribution is 2.27. The van der Waals surface area contributed by atoms with Crippen LogP contribution in [0.2, 0.25) is 0 Å². The average Bonchev–Trinajstić information content (AvgIpc) is 2.61. The van der Waals surface area contributed by atoms with E-state index in [4.69, 9.17) is 10.5 Å². The molecule has 0 spiro atoms. The Morgan fingerprint density at radius 2 is 2.07 bits per heavy atom. The van der Waals surface area contributed by atoms with Crippen LogP contribution in [-0.2, 0) is 13.1 Å². The zero-order valence-corrected chi connectivity index (χ0v) is 9.32. The molecule has 2 N–H and O–H groups in total. The number of hydrogen-bond donors (Lipinski definition) is 1. The zero-order chi connectivity index (χ0) is 11.0. The van der Waals surface area contributed by atoms with E-state index in [0.717, 1.165) is 24.3 Å². The number of nitrogens with zero attached hydrogens (tertiary/aromatic N) is 3. The fourth-order valence-electron chi connectivity index (χ4n) is 1.74. The van der Waals surface area contributed by atoms with E-state index in [2.05, 4.69) is 28.7 Å². The lowest BCUT2D eigenvalue weighted by atomic mass is 10.2. The second-order valence-corrected chi connectivity index (χ2v) is 4.02. The monoisotopic (exact) mass is 208 g/mol. The van der Waals surface area contributed by atoms with Crippen LogP contribution in [-0.4, -0.2) is 28.0 Å². The van der Waals surface area contributed by atoms with Crippen LogP contribution in [0.4, 0.5) is 5.82 Å². The molecule has 0 aromatic carbocycles. The minimum Gasteiger partial charge on any atom is -0.467 e. The molecule has 15 heavy (non-hydrogen) atoms. The largest absolute Gasteiger partial charge is 0.467 e. The Bertz CT molecular complexity index is 378. The van der Waals surface area contributed by atoms with Gasteiger partial charge in [0.25, 0.3) is 0 Å². The number of rotatable bonds is 2. The van der Waals surface area contributed by atoms with E-state index in [1.165, 1.54) is 0 Å². The van der Waals surface area contributed by atoms with Crippen molar-refractivity contribution in [3.8, 4) is 6.01 Å². The molecule has 1 aromatic rings. The summed E-state index contributed by atoms with van der Waals surface area (Å²) >= 11 is 0.